The number of amides is 1. The van der Waals surface area contributed by atoms with Crippen LogP contribution >= 0.6 is 46.3 Å². The molecule has 19 heavy (non-hydrogen) atoms. The zero-order chi connectivity index (χ0) is 13.7. The molecule has 0 unspecified atom stereocenters. The zero-order valence-corrected chi connectivity index (χ0v) is 13.0. The van der Waals surface area contributed by atoms with Crippen molar-refractivity contribution in [1.82, 2.24) is 0 Å². The van der Waals surface area contributed by atoms with Gasteiger partial charge in [0.05, 0.1) is 5.75 Å². The number of thiophene rings is 1. The molecule has 1 heterocycles. The van der Waals surface area contributed by atoms with E-state index in [0.29, 0.717) is 21.5 Å². The van der Waals surface area contributed by atoms with E-state index in [2.05, 4.69) is 11.4 Å². The van der Waals surface area contributed by atoms with Crippen molar-refractivity contribution in [3.8, 4) is 0 Å². The first-order valence-corrected chi connectivity index (χ1v) is 8.28. The molecule has 0 saturated heterocycles. The van der Waals surface area contributed by atoms with E-state index in [9.17, 15) is 4.79 Å². The first-order valence-electron chi connectivity index (χ1n) is 5.49. The first-order chi connectivity index (χ1) is 9.13. The molecule has 2 nitrogen and oxygen atoms in total. The van der Waals surface area contributed by atoms with Crippen LogP contribution in [0, 0.1) is 0 Å². The highest BCUT2D eigenvalue weighted by Crippen LogP contribution is 2.23. The van der Waals surface area contributed by atoms with Crippen LogP contribution in [0.5, 0.6) is 0 Å². The lowest BCUT2D eigenvalue weighted by Crippen LogP contribution is -2.14. The third-order valence-corrected chi connectivity index (χ3v) is 4.68. The highest BCUT2D eigenvalue weighted by atomic mass is 35.5. The number of benzene rings is 1. The van der Waals surface area contributed by atoms with Crippen LogP contribution in [0.3, 0.4) is 0 Å². The molecule has 6 heteroatoms. The fourth-order valence-corrected chi connectivity index (χ4v) is 3.66. The Labute approximate surface area is 130 Å². The minimum atomic E-state index is -0.0557. The highest BCUT2D eigenvalue weighted by Gasteiger charge is 2.05. The van der Waals surface area contributed by atoms with Crippen LogP contribution in [0.2, 0.25) is 10.0 Å². The number of hydrogen-bond acceptors (Lipinski definition) is 3. The third-order valence-electron chi connectivity index (χ3n) is 2.20. The third kappa shape index (κ3) is 5.07. The second-order valence-electron chi connectivity index (χ2n) is 3.78. The Balaban J connectivity index is 1.80. The topological polar surface area (TPSA) is 29.1 Å². The van der Waals surface area contributed by atoms with Crippen molar-refractivity contribution < 1.29 is 4.79 Å². The Bertz CT molecular complexity index is 538. The van der Waals surface area contributed by atoms with Gasteiger partial charge >= 0.3 is 0 Å². The molecule has 0 radical (unpaired) electrons. The lowest BCUT2D eigenvalue weighted by atomic mass is 10.3. The van der Waals surface area contributed by atoms with E-state index in [1.54, 1.807) is 41.3 Å². The van der Waals surface area contributed by atoms with Crippen LogP contribution in [0.1, 0.15) is 4.88 Å². The smallest absolute Gasteiger partial charge is 0.234 e. The molecular weight excluding hydrogens is 321 g/mol. The van der Waals surface area contributed by atoms with Crippen LogP contribution in [0.25, 0.3) is 0 Å². The van der Waals surface area contributed by atoms with E-state index in [0.717, 1.165) is 5.75 Å². The average molecular weight is 332 g/mol. The number of carbonyl (C=O) groups is 1. The molecule has 0 aliphatic rings. The van der Waals surface area contributed by atoms with Gasteiger partial charge in [-0.2, -0.15) is 0 Å². The monoisotopic (exact) mass is 331 g/mol. The average Bonchev–Trinajstić information content (AvgIpc) is 2.80. The van der Waals surface area contributed by atoms with Crippen molar-refractivity contribution in [2.45, 2.75) is 5.75 Å². The van der Waals surface area contributed by atoms with Crippen molar-refractivity contribution in [2.75, 3.05) is 11.1 Å². The van der Waals surface area contributed by atoms with Gasteiger partial charge in [0, 0.05) is 26.4 Å². The summed E-state index contributed by atoms with van der Waals surface area (Å²) in [6.07, 6.45) is 0. The largest absolute Gasteiger partial charge is 0.325 e. The molecule has 0 aliphatic heterocycles. The zero-order valence-electron chi connectivity index (χ0n) is 9.86. The number of hydrogen-bond donors (Lipinski definition) is 1. The molecule has 2 aromatic rings. The van der Waals surface area contributed by atoms with Gasteiger partial charge in [-0.15, -0.1) is 23.1 Å². The van der Waals surface area contributed by atoms with Gasteiger partial charge in [0.25, 0.3) is 0 Å². The number of nitrogens with one attached hydrogen (secondary N) is 1. The maximum absolute atomic E-state index is 11.7. The molecule has 0 bridgehead atoms. The van der Waals surface area contributed by atoms with E-state index >= 15 is 0 Å². The molecule has 0 fully saturated rings. The normalized spacial score (nSPS) is 10.4. The SMILES string of the molecule is O=C(CSCc1cccs1)Nc1cc(Cl)cc(Cl)c1. The molecule has 1 aromatic heterocycles. The fourth-order valence-electron chi connectivity index (χ4n) is 1.46. The Kier molecular flexibility index (Phi) is 5.58. The fraction of sp³-hybridized carbons (Fsp3) is 0.154. The maximum Gasteiger partial charge on any atom is 0.234 e. The highest BCUT2D eigenvalue weighted by molar-refractivity contribution is 7.99. The standard InChI is InChI=1S/C13H11Cl2NOS2/c14-9-4-10(15)6-11(5-9)16-13(17)8-18-7-12-2-1-3-19-12/h1-6H,7-8H2,(H,16,17). The van der Waals surface area contributed by atoms with Gasteiger partial charge in [-0.25, -0.2) is 0 Å². The second-order valence-corrected chi connectivity index (χ2v) is 6.67. The first kappa shape index (κ1) is 14.7. The summed E-state index contributed by atoms with van der Waals surface area (Å²) >= 11 is 15.0. The van der Waals surface area contributed by atoms with Crippen molar-refractivity contribution in [2.24, 2.45) is 0 Å². The minimum absolute atomic E-state index is 0.0557. The molecule has 2 rings (SSSR count). The van der Waals surface area contributed by atoms with Crippen LogP contribution in [-0.4, -0.2) is 11.7 Å². The van der Waals surface area contributed by atoms with Crippen molar-refractivity contribution in [3.05, 3.63) is 50.6 Å². The summed E-state index contributed by atoms with van der Waals surface area (Å²) in [4.78, 5) is 13.0. The Morgan fingerprint density at radius 2 is 2.00 bits per heavy atom. The van der Waals surface area contributed by atoms with Crippen molar-refractivity contribution >= 4 is 57.9 Å². The van der Waals surface area contributed by atoms with Gasteiger partial charge in [0.2, 0.25) is 5.91 Å². The van der Waals surface area contributed by atoms with Crippen LogP contribution in [0.15, 0.2) is 35.7 Å². The Morgan fingerprint density at radius 1 is 1.26 bits per heavy atom. The molecule has 0 aliphatic carbocycles. The molecule has 100 valence electrons. The van der Waals surface area contributed by atoms with E-state index in [4.69, 9.17) is 23.2 Å². The quantitative estimate of drug-likeness (QED) is 0.841. The Morgan fingerprint density at radius 3 is 2.63 bits per heavy atom. The molecule has 0 spiro atoms. The predicted octanol–water partition coefficient (Wildman–Crippen LogP) is 4.93. The van der Waals surface area contributed by atoms with Crippen molar-refractivity contribution in [1.29, 1.82) is 0 Å². The lowest BCUT2D eigenvalue weighted by molar-refractivity contribution is -0.113. The van der Waals surface area contributed by atoms with Crippen LogP contribution in [-0.2, 0) is 10.5 Å². The molecule has 0 atom stereocenters. The van der Waals surface area contributed by atoms with Gasteiger partial charge < -0.3 is 5.32 Å². The lowest BCUT2D eigenvalue weighted by Gasteiger charge is -2.06. The summed E-state index contributed by atoms with van der Waals surface area (Å²) in [5.74, 6) is 1.20. The number of halogens is 2. The summed E-state index contributed by atoms with van der Waals surface area (Å²) in [5.41, 5.74) is 0.624. The van der Waals surface area contributed by atoms with Crippen molar-refractivity contribution in [3.63, 3.8) is 0 Å². The Hall–Kier alpha value is -0.680. The van der Waals surface area contributed by atoms with Gasteiger partial charge in [-0.3, -0.25) is 4.79 Å². The molecule has 0 saturated carbocycles. The molecule has 1 N–H and O–H groups in total. The molecular formula is C13H11Cl2NOS2. The summed E-state index contributed by atoms with van der Waals surface area (Å²) in [5, 5.41) is 5.83. The van der Waals surface area contributed by atoms with Gasteiger partial charge in [0.15, 0.2) is 0 Å². The number of carbonyl (C=O) groups excluding carboxylic acids is 1. The molecule has 1 aromatic carbocycles. The van der Waals surface area contributed by atoms with E-state index in [1.165, 1.54) is 4.88 Å². The second kappa shape index (κ2) is 7.20. The maximum atomic E-state index is 11.7. The van der Waals surface area contributed by atoms with Gasteiger partial charge in [0.1, 0.15) is 0 Å². The van der Waals surface area contributed by atoms with Crippen LogP contribution in [0.4, 0.5) is 5.69 Å². The summed E-state index contributed by atoms with van der Waals surface area (Å²) in [7, 11) is 0. The number of thioether (sulfide) groups is 1. The molecule has 1 amide bonds. The van der Waals surface area contributed by atoms with E-state index in [1.807, 2.05) is 11.4 Å². The van der Waals surface area contributed by atoms with E-state index in [-0.39, 0.29) is 5.91 Å². The summed E-state index contributed by atoms with van der Waals surface area (Å²) in [6, 6.07) is 9.05. The van der Waals surface area contributed by atoms with Gasteiger partial charge in [-0.05, 0) is 29.6 Å². The summed E-state index contributed by atoms with van der Waals surface area (Å²) < 4.78 is 0. The minimum Gasteiger partial charge on any atom is -0.325 e. The van der Waals surface area contributed by atoms with E-state index < -0.39 is 0 Å². The summed E-state index contributed by atoms with van der Waals surface area (Å²) in [6.45, 7) is 0. The number of rotatable bonds is 5. The van der Waals surface area contributed by atoms with Crippen LogP contribution < -0.4 is 5.32 Å². The van der Waals surface area contributed by atoms with Gasteiger partial charge in [-0.1, -0.05) is 29.3 Å². The predicted molar refractivity (Wildman–Crippen MR) is 85.6 cm³/mol. The number of anilines is 1.